The summed E-state index contributed by atoms with van der Waals surface area (Å²) >= 11 is 0. The van der Waals surface area contributed by atoms with E-state index in [0.717, 1.165) is 38.8 Å². The predicted molar refractivity (Wildman–Crippen MR) is 86.6 cm³/mol. The molecule has 2 atom stereocenters. The Morgan fingerprint density at radius 2 is 1.78 bits per heavy atom. The standard InChI is InChI=1S/C16H27F3N2O.ClH/c17-16(18,19)14-3-1-2-13(10-14)11-21-15(22)5-4-12-6-8-20-9-7-12;/h12-14,20H,1-11H2,(H,21,22);1H. The molecule has 2 aliphatic rings. The first kappa shape index (κ1) is 20.6. The van der Waals surface area contributed by atoms with E-state index in [0.29, 0.717) is 25.3 Å². The molecule has 0 radical (unpaired) electrons. The molecular formula is C16H28ClF3N2O. The van der Waals surface area contributed by atoms with Crippen LogP contribution in [0.3, 0.4) is 0 Å². The number of amides is 1. The van der Waals surface area contributed by atoms with Gasteiger partial charge in [0.2, 0.25) is 5.91 Å². The highest BCUT2D eigenvalue weighted by Gasteiger charge is 2.42. The maximum absolute atomic E-state index is 12.7. The number of carbonyl (C=O) groups is 1. The quantitative estimate of drug-likeness (QED) is 0.789. The molecule has 1 heterocycles. The Morgan fingerprint density at radius 1 is 1.09 bits per heavy atom. The lowest BCUT2D eigenvalue weighted by molar-refractivity contribution is -0.185. The molecule has 7 heteroatoms. The molecule has 1 saturated heterocycles. The largest absolute Gasteiger partial charge is 0.391 e. The van der Waals surface area contributed by atoms with Crippen LogP contribution in [-0.4, -0.2) is 31.7 Å². The number of alkyl halides is 3. The molecule has 0 aromatic carbocycles. The van der Waals surface area contributed by atoms with Gasteiger partial charge in [0.15, 0.2) is 0 Å². The molecule has 136 valence electrons. The van der Waals surface area contributed by atoms with Crippen LogP contribution in [0.5, 0.6) is 0 Å². The van der Waals surface area contributed by atoms with Gasteiger partial charge in [0.05, 0.1) is 5.92 Å². The molecule has 1 aliphatic carbocycles. The summed E-state index contributed by atoms with van der Waals surface area (Å²) in [6, 6.07) is 0. The molecule has 3 nitrogen and oxygen atoms in total. The Labute approximate surface area is 142 Å². The van der Waals surface area contributed by atoms with Crippen molar-refractivity contribution < 1.29 is 18.0 Å². The molecule has 1 amide bonds. The Hall–Kier alpha value is -0.490. The van der Waals surface area contributed by atoms with Crippen LogP contribution in [0.25, 0.3) is 0 Å². The van der Waals surface area contributed by atoms with Gasteiger partial charge in [-0.15, -0.1) is 12.4 Å². The van der Waals surface area contributed by atoms with Crippen LogP contribution in [-0.2, 0) is 4.79 Å². The van der Waals surface area contributed by atoms with Gasteiger partial charge in [-0.25, -0.2) is 0 Å². The fraction of sp³-hybridized carbons (Fsp3) is 0.938. The van der Waals surface area contributed by atoms with Crippen LogP contribution < -0.4 is 10.6 Å². The first-order valence-electron chi connectivity index (χ1n) is 8.49. The second kappa shape index (κ2) is 9.72. The lowest BCUT2D eigenvalue weighted by atomic mass is 9.81. The molecule has 0 bridgehead atoms. The Bertz CT molecular complexity index is 360. The van der Waals surface area contributed by atoms with Crippen molar-refractivity contribution in [3.63, 3.8) is 0 Å². The molecule has 0 aromatic heterocycles. The molecule has 2 fully saturated rings. The van der Waals surface area contributed by atoms with Gasteiger partial charge in [-0.1, -0.05) is 6.42 Å². The van der Waals surface area contributed by atoms with Gasteiger partial charge in [0.1, 0.15) is 0 Å². The van der Waals surface area contributed by atoms with Gasteiger partial charge in [-0.3, -0.25) is 4.79 Å². The van der Waals surface area contributed by atoms with E-state index in [-0.39, 0.29) is 37.1 Å². The summed E-state index contributed by atoms with van der Waals surface area (Å²) < 4.78 is 38.2. The van der Waals surface area contributed by atoms with Crippen LogP contribution in [0, 0.1) is 17.8 Å². The van der Waals surface area contributed by atoms with E-state index in [2.05, 4.69) is 10.6 Å². The summed E-state index contributed by atoms with van der Waals surface area (Å²) in [4.78, 5) is 11.9. The van der Waals surface area contributed by atoms with Gasteiger partial charge in [-0.2, -0.15) is 13.2 Å². The summed E-state index contributed by atoms with van der Waals surface area (Å²) in [6.45, 7) is 2.44. The molecule has 2 unspecified atom stereocenters. The smallest absolute Gasteiger partial charge is 0.356 e. The number of piperidine rings is 1. The van der Waals surface area contributed by atoms with Crippen molar-refractivity contribution in [1.82, 2.24) is 10.6 Å². The zero-order valence-electron chi connectivity index (χ0n) is 13.5. The van der Waals surface area contributed by atoms with Crippen molar-refractivity contribution in [2.75, 3.05) is 19.6 Å². The number of rotatable bonds is 5. The maximum atomic E-state index is 12.7. The van der Waals surface area contributed by atoms with Gasteiger partial charge < -0.3 is 10.6 Å². The highest BCUT2D eigenvalue weighted by molar-refractivity contribution is 5.85. The SMILES string of the molecule is Cl.O=C(CCC1CCNCC1)NCC1CCCC(C(F)(F)F)C1. The van der Waals surface area contributed by atoms with Crippen LogP contribution in [0.2, 0.25) is 0 Å². The summed E-state index contributed by atoms with van der Waals surface area (Å²) in [5.41, 5.74) is 0. The summed E-state index contributed by atoms with van der Waals surface area (Å²) in [5.74, 6) is -0.606. The normalized spacial score (nSPS) is 26.4. The first-order chi connectivity index (χ1) is 10.4. The molecule has 2 rings (SSSR count). The summed E-state index contributed by atoms with van der Waals surface area (Å²) in [6.07, 6.45) is 1.34. The predicted octanol–water partition coefficient (Wildman–Crippen LogP) is 3.67. The zero-order valence-corrected chi connectivity index (χ0v) is 14.3. The van der Waals surface area contributed by atoms with Crippen molar-refractivity contribution in [2.24, 2.45) is 17.8 Å². The van der Waals surface area contributed by atoms with E-state index in [1.165, 1.54) is 0 Å². The number of hydrogen-bond acceptors (Lipinski definition) is 2. The fourth-order valence-corrected chi connectivity index (χ4v) is 3.63. The lowest BCUT2D eigenvalue weighted by Gasteiger charge is -2.30. The minimum absolute atomic E-state index is 0. The van der Waals surface area contributed by atoms with Crippen LogP contribution in [0.4, 0.5) is 13.2 Å². The summed E-state index contributed by atoms with van der Waals surface area (Å²) in [5, 5.41) is 6.14. The summed E-state index contributed by atoms with van der Waals surface area (Å²) in [7, 11) is 0. The van der Waals surface area contributed by atoms with Gasteiger partial charge >= 0.3 is 6.18 Å². The minimum atomic E-state index is -4.09. The topological polar surface area (TPSA) is 41.1 Å². The second-order valence-corrected chi connectivity index (χ2v) is 6.81. The molecule has 1 aliphatic heterocycles. The molecule has 0 spiro atoms. The maximum Gasteiger partial charge on any atom is 0.391 e. The molecule has 2 N–H and O–H groups in total. The van der Waals surface area contributed by atoms with Crippen LogP contribution >= 0.6 is 12.4 Å². The molecule has 23 heavy (non-hydrogen) atoms. The zero-order chi connectivity index (χ0) is 16.0. The Balaban J connectivity index is 0.00000264. The lowest BCUT2D eigenvalue weighted by Crippen LogP contribution is -2.35. The number of nitrogens with one attached hydrogen (secondary N) is 2. The van der Waals surface area contributed by atoms with Crippen molar-refractivity contribution in [2.45, 2.75) is 57.5 Å². The monoisotopic (exact) mass is 356 g/mol. The van der Waals surface area contributed by atoms with E-state index >= 15 is 0 Å². The van der Waals surface area contributed by atoms with Crippen molar-refractivity contribution in [3.05, 3.63) is 0 Å². The third kappa shape index (κ3) is 7.29. The minimum Gasteiger partial charge on any atom is -0.356 e. The average Bonchev–Trinajstić information content (AvgIpc) is 2.51. The third-order valence-corrected chi connectivity index (χ3v) is 5.07. The highest BCUT2D eigenvalue weighted by Crippen LogP contribution is 2.39. The molecule has 1 saturated carbocycles. The van der Waals surface area contributed by atoms with E-state index in [4.69, 9.17) is 0 Å². The van der Waals surface area contributed by atoms with Gasteiger partial charge in [0.25, 0.3) is 0 Å². The number of hydrogen-bond donors (Lipinski definition) is 2. The van der Waals surface area contributed by atoms with Crippen molar-refractivity contribution >= 4 is 18.3 Å². The highest BCUT2D eigenvalue weighted by atomic mass is 35.5. The Kier molecular flexibility index (Phi) is 8.69. The van der Waals surface area contributed by atoms with Gasteiger partial charge in [0, 0.05) is 13.0 Å². The average molecular weight is 357 g/mol. The van der Waals surface area contributed by atoms with Crippen LogP contribution in [0.1, 0.15) is 51.4 Å². The Morgan fingerprint density at radius 3 is 2.43 bits per heavy atom. The number of carbonyl (C=O) groups excluding carboxylic acids is 1. The van der Waals surface area contributed by atoms with Gasteiger partial charge in [-0.05, 0) is 63.5 Å². The van der Waals surface area contributed by atoms with E-state index in [1.807, 2.05) is 0 Å². The van der Waals surface area contributed by atoms with E-state index in [1.54, 1.807) is 0 Å². The molecule has 0 aromatic rings. The molecular weight excluding hydrogens is 329 g/mol. The fourth-order valence-electron chi connectivity index (χ4n) is 3.63. The van der Waals surface area contributed by atoms with Crippen molar-refractivity contribution in [1.29, 1.82) is 0 Å². The van der Waals surface area contributed by atoms with Crippen LogP contribution in [0.15, 0.2) is 0 Å². The van der Waals surface area contributed by atoms with E-state index < -0.39 is 12.1 Å². The number of halogens is 4. The first-order valence-corrected chi connectivity index (χ1v) is 8.49. The van der Waals surface area contributed by atoms with E-state index in [9.17, 15) is 18.0 Å². The van der Waals surface area contributed by atoms with Crippen molar-refractivity contribution in [3.8, 4) is 0 Å². The third-order valence-electron chi connectivity index (χ3n) is 5.07. The second-order valence-electron chi connectivity index (χ2n) is 6.81.